The summed E-state index contributed by atoms with van der Waals surface area (Å²) in [5.41, 5.74) is 5.70. The van der Waals surface area contributed by atoms with Gasteiger partial charge in [0.2, 0.25) is 5.91 Å². The lowest BCUT2D eigenvalue weighted by Crippen LogP contribution is -2.13. The Morgan fingerprint density at radius 1 is 1.04 bits per heavy atom. The molecule has 0 spiro atoms. The number of aryl methyl sites for hydroxylation is 3. The first-order valence-corrected chi connectivity index (χ1v) is 9.00. The van der Waals surface area contributed by atoms with Crippen LogP contribution in [0.3, 0.4) is 0 Å². The third-order valence-electron chi connectivity index (χ3n) is 4.11. The van der Waals surface area contributed by atoms with Gasteiger partial charge in [-0.1, -0.05) is 48.0 Å². The van der Waals surface area contributed by atoms with Crippen LogP contribution in [0.4, 0.5) is 5.69 Å². The number of hydrogen-bond donors (Lipinski definition) is 1. The van der Waals surface area contributed by atoms with Crippen LogP contribution in [0.15, 0.2) is 60.0 Å². The highest BCUT2D eigenvalue weighted by Gasteiger charge is 2.09. The van der Waals surface area contributed by atoms with Crippen molar-refractivity contribution >= 4 is 22.9 Å². The Morgan fingerprint density at radius 3 is 2.62 bits per heavy atom. The maximum Gasteiger partial charge on any atom is 0.224 e. The van der Waals surface area contributed by atoms with Crippen LogP contribution in [-0.2, 0) is 11.2 Å². The summed E-state index contributed by atoms with van der Waals surface area (Å²) in [5, 5.41) is 5.12. The molecule has 1 aromatic heterocycles. The molecular formula is C21H21NOS. The molecule has 0 bridgehead atoms. The highest BCUT2D eigenvalue weighted by Crippen LogP contribution is 2.31. The third-order valence-corrected chi connectivity index (χ3v) is 5.01. The molecule has 0 saturated heterocycles. The second-order valence-electron chi connectivity index (χ2n) is 6.00. The van der Waals surface area contributed by atoms with Gasteiger partial charge in [-0.05, 0) is 48.9 Å². The van der Waals surface area contributed by atoms with Crippen molar-refractivity contribution < 1.29 is 4.79 Å². The average Bonchev–Trinajstić information content (AvgIpc) is 3.09. The van der Waals surface area contributed by atoms with Crippen molar-refractivity contribution in [2.24, 2.45) is 0 Å². The normalized spacial score (nSPS) is 10.6. The Hall–Kier alpha value is -2.39. The van der Waals surface area contributed by atoms with Gasteiger partial charge in [-0.25, -0.2) is 0 Å². The van der Waals surface area contributed by atoms with Gasteiger partial charge in [0, 0.05) is 22.5 Å². The zero-order valence-electron chi connectivity index (χ0n) is 14.0. The van der Waals surface area contributed by atoms with Gasteiger partial charge in [0.1, 0.15) is 0 Å². The number of carbonyl (C=O) groups excluding carboxylic acids is 1. The van der Waals surface area contributed by atoms with Crippen molar-refractivity contribution in [2.45, 2.75) is 26.7 Å². The zero-order chi connectivity index (χ0) is 16.9. The predicted octanol–water partition coefficient (Wildman–Crippen LogP) is 5.60. The highest BCUT2D eigenvalue weighted by atomic mass is 32.1. The number of amides is 1. The van der Waals surface area contributed by atoms with E-state index in [1.807, 2.05) is 35.7 Å². The first kappa shape index (κ1) is 16.5. The SMILES string of the molecule is Cc1ccc(CCC(=O)Nc2ccccc2-c2cccs2)c(C)c1. The van der Waals surface area contributed by atoms with Gasteiger partial charge in [-0.15, -0.1) is 11.3 Å². The maximum absolute atomic E-state index is 12.4. The van der Waals surface area contributed by atoms with Crippen molar-refractivity contribution in [3.8, 4) is 10.4 Å². The molecule has 0 aliphatic heterocycles. The molecule has 0 atom stereocenters. The number of carbonyl (C=O) groups is 1. The van der Waals surface area contributed by atoms with E-state index in [4.69, 9.17) is 0 Å². The summed E-state index contributed by atoms with van der Waals surface area (Å²) in [7, 11) is 0. The van der Waals surface area contributed by atoms with E-state index in [9.17, 15) is 4.79 Å². The Labute approximate surface area is 147 Å². The van der Waals surface area contributed by atoms with Crippen molar-refractivity contribution in [2.75, 3.05) is 5.32 Å². The van der Waals surface area contributed by atoms with E-state index < -0.39 is 0 Å². The number of benzene rings is 2. The molecule has 1 N–H and O–H groups in total. The van der Waals surface area contributed by atoms with E-state index in [1.54, 1.807) is 11.3 Å². The number of para-hydroxylation sites is 1. The van der Waals surface area contributed by atoms with Crippen LogP contribution in [-0.4, -0.2) is 5.91 Å². The highest BCUT2D eigenvalue weighted by molar-refractivity contribution is 7.13. The van der Waals surface area contributed by atoms with E-state index >= 15 is 0 Å². The maximum atomic E-state index is 12.4. The summed E-state index contributed by atoms with van der Waals surface area (Å²) in [4.78, 5) is 13.5. The van der Waals surface area contributed by atoms with Crippen molar-refractivity contribution in [1.82, 2.24) is 0 Å². The Morgan fingerprint density at radius 2 is 1.88 bits per heavy atom. The largest absolute Gasteiger partial charge is 0.325 e. The molecule has 0 unspecified atom stereocenters. The molecule has 0 saturated carbocycles. The second kappa shape index (κ2) is 7.45. The summed E-state index contributed by atoms with van der Waals surface area (Å²) in [6.45, 7) is 4.19. The van der Waals surface area contributed by atoms with Gasteiger partial charge in [-0.3, -0.25) is 4.79 Å². The van der Waals surface area contributed by atoms with Gasteiger partial charge < -0.3 is 5.32 Å². The molecule has 3 rings (SSSR count). The molecule has 24 heavy (non-hydrogen) atoms. The summed E-state index contributed by atoms with van der Waals surface area (Å²) in [5.74, 6) is 0.0546. The molecule has 1 heterocycles. The van der Waals surface area contributed by atoms with Crippen molar-refractivity contribution in [3.05, 3.63) is 76.7 Å². The molecule has 3 aromatic rings. The minimum absolute atomic E-state index is 0.0546. The Kier molecular flexibility index (Phi) is 5.11. The quantitative estimate of drug-likeness (QED) is 0.646. The topological polar surface area (TPSA) is 29.1 Å². The molecule has 122 valence electrons. The number of rotatable bonds is 5. The Balaban J connectivity index is 1.67. The predicted molar refractivity (Wildman–Crippen MR) is 103 cm³/mol. The molecular weight excluding hydrogens is 314 g/mol. The third kappa shape index (κ3) is 3.92. The minimum atomic E-state index is 0.0546. The monoisotopic (exact) mass is 335 g/mol. The van der Waals surface area contributed by atoms with E-state index in [-0.39, 0.29) is 5.91 Å². The van der Waals surface area contributed by atoms with E-state index in [2.05, 4.69) is 43.4 Å². The summed E-state index contributed by atoms with van der Waals surface area (Å²) in [6.07, 6.45) is 1.25. The molecule has 2 nitrogen and oxygen atoms in total. The number of anilines is 1. The van der Waals surface area contributed by atoms with Gasteiger partial charge in [-0.2, -0.15) is 0 Å². The van der Waals surface area contributed by atoms with Crippen LogP contribution >= 0.6 is 11.3 Å². The summed E-state index contributed by atoms with van der Waals surface area (Å²) < 4.78 is 0. The molecule has 1 amide bonds. The molecule has 2 aromatic carbocycles. The fourth-order valence-corrected chi connectivity index (χ4v) is 3.59. The standard InChI is InChI=1S/C21H21NOS/c1-15-9-10-17(16(2)14-15)11-12-21(23)22-19-7-4-3-6-18(19)20-8-5-13-24-20/h3-10,13-14H,11-12H2,1-2H3,(H,22,23). The molecule has 0 aliphatic carbocycles. The number of thiophene rings is 1. The molecule has 0 fully saturated rings. The Bertz CT molecular complexity index is 837. The molecule has 0 radical (unpaired) electrons. The van der Waals surface area contributed by atoms with E-state index in [0.717, 1.165) is 17.7 Å². The van der Waals surface area contributed by atoms with Crippen LogP contribution in [0.1, 0.15) is 23.1 Å². The average molecular weight is 335 g/mol. The zero-order valence-corrected chi connectivity index (χ0v) is 14.8. The second-order valence-corrected chi connectivity index (χ2v) is 6.95. The van der Waals surface area contributed by atoms with Crippen LogP contribution in [0, 0.1) is 13.8 Å². The number of nitrogens with one attached hydrogen (secondary N) is 1. The van der Waals surface area contributed by atoms with Gasteiger partial charge in [0.15, 0.2) is 0 Å². The number of hydrogen-bond acceptors (Lipinski definition) is 2. The lowest BCUT2D eigenvalue weighted by molar-refractivity contribution is -0.116. The lowest BCUT2D eigenvalue weighted by Gasteiger charge is -2.11. The van der Waals surface area contributed by atoms with Crippen LogP contribution in [0.5, 0.6) is 0 Å². The van der Waals surface area contributed by atoms with Crippen LogP contribution in [0.2, 0.25) is 0 Å². The van der Waals surface area contributed by atoms with Crippen molar-refractivity contribution in [3.63, 3.8) is 0 Å². The lowest BCUT2D eigenvalue weighted by atomic mass is 10.0. The van der Waals surface area contributed by atoms with Gasteiger partial charge in [0.25, 0.3) is 0 Å². The molecule has 0 aliphatic rings. The van der Waals surface area contributed by atoms with Gasteiger partial charge in [0.05, 0.1) is 0 Å². The summed E-state index contributed by atoms with van der Waals surface area (Å²) >= 11 is 1.68. The minimum Gasteiger partial charge on any atom is -0.325 e. The molecule has 3 heteroatoms. The van der Waals surface area contributed by atoms with Gasteiger partial charge >= 0.3 is 0 Å². The van der Waals surface area contributed by atoms with Crippen LogP contribution < -0.4 is 5.32 Å². The first-order chi connectivity index (χ1) is 11.6. The fourth-order valence-electron chi connectivity index (χ4n) is 2.83. The van der Waals surface area contributed by atoms with Crippen LogP contribution in [0.25, 0.3) is 10.4 Å². The fraction of sp³-hybridized carbons (Fsp3) is 0.190. The van der Waals surface area contributed by atoms with E-state index in [1.165, 1.54) is 21.6 Å². The van der Waals surface area contributed by atoms with Crippen molar-refractivity contribution in [1.29, 1.82) is 0 Å². The smallest absolute Gasteiger partial charge is 0.224 e. The van der Waals surface area contributed by atoms with E-state index in [0.29, 0.717) is 6.42 Å². The first-order valence-electron chi connectivity index (χ1n) is 8.12. The summed E-state index contributed by atoms with van der Waals surface area (Å²) in [6, 6.07) is 18.5.